The Morgan fingerprint density at radius 3 is 2.52 bits per heavy atom. The zero-order valence-electron chi connectivity index (χ0n) is 15.6. The first-order valence-electron chi connectivity index (χ1n) is 8.60. The highest BCUT2D eigenvalue weighted by Crippen LogP contribution is 2.29. The van der Waals surface area contributed by atoms with Gasteiger partial charge < -0.3 is 0 Å². The van der Waals surface area contributed by atoms with E-state index in [1.54, 1.807) is 6.07 Å². The molecule has 2 heterocycles. The van der Waals surface area contributed by atoms with Crippen LogP contribution in [0.4, 0.5) is 4.39 Å². The molecule has 0 amide bonds. The predicted molar refractivity (Wildman–Crippen MR) is 102 cm³/mol. The van der Waals surface area contributed by atoms with Crippen LogP contribution in [0.5, 0.6) is 0 Å². The van der Waals surface area contributed by atoms with Gasteiger partial charge in [0.25, 0.3) is 0 Å². The second-order valence-electron chi connectivity index (χ2n) is 6.66. The topological polar surface area (TPSA) is 59.4 Å². The van der Waals surface area contributed by atoms with Gasteiger partial charge in [-0.3, -0.25) is 9.25 Å². The number of hydrogen-bond acceptors (Lipinski definition) is 3. The minimum absolute atomic E-state index is 0.0257. The van der Waals surface area contributed by atoms with Gasteiger partial charge in [0.1, 0.15) is 17.7 Å². The minimum atomic E-state index is -0.543. The third kappa shape index (κ3) is 2.59. The third-order valence-electron chi connectivity index (χ3n) is 5.06. The summed E-state index contributed by atoms with van der Waals surface area (Å²) in [5, 5.41) is 14.5. The molecule has 134 valence electrons. The van der Waals surface area contributed by atoms with Crippen molar-refractivity contribution in [2.24, 2.45) is 7.05 Å². The maximum atomic E-state index is 14.2. The van der Waals surface area contributed by atoms with Gasteiger partial charge in [0.2, 0.25) is 0 Å². The molecule has 6 heteroatoms. The van der Waals surface area contributed by atoms with E-state index in [9.17, 15) is 4.39 Å². The fraction of sp³-hybridized carbons (Fsp3) is 0.190. The SMILES string of the molecule is Cc1nc(-c2ccc(C#N)c(F)c2)n(-c2ccc3nn(C)c(C)c3c2)c1C. The van der Waals surface area contributed by atoms with E-state index in [-0.39, 0.29) is 5.56 Å². The van der Waals surface area contributed by atoms with Crippen LogP contribution in [-0.2, 0) is 7.05 Å². The van der Waals surface area contributed by atoms with Gasteiger partial charge in [-0.25, -0.2) is 9.37 Å². The van der Waals surface area contributed by atoms with Crippen LogP contribution >= 0.6 is 0 Å². The number of imidazole rings is 1. The predicted octanol–water partition coefficient (Wildman–Crippen LogP) is 4.36. The van der Waals surface area contributed by atoms with Crippen molar-refractivity contribution in [2.75, 3.05) is 0 Å². The van der Waals surface area contributed by atoms with Crippen molar-refractivity contribution >= 4 is 10.9 Å². The molecule has 27 heavy (non-hydrogen) atoms. The average Bonchev–Trinajstić information content (AvgIpc) is 3.11. The third-order valence-corrected chi connectivity index (χ3v) is 5.06. The highest BCUT2D eigenvalue weighted by molar-refractivity contribution is 5.84. The lowest BCUT2D eigenvalue weighted by Crippen LogP contribution is -2.00. The number of nitriles is 1. The lowest BCUT2D eigenvalue weighted by molar-refractivity contribution is 0.624. The van der Waals surface area contributed by atoms with Gasteiger partial charge in [0, 0.05) is 35.1 Å². The number of halogens is 1. The van der Waals surface area contributed by atoms with E-state index in [0.29, 0.717) is 11.4 Å². The molecule has 0 N–H and O–H groups in total. The zero-order chi connectivity index (χ0) is 19.3. The van der Waals surface area contributed by atoms with Crippen molar-refractivity contribution in [3.63, 3.8) is 0 Å². The first-order valence-corrected chi connectivity index (χ1v) is 8.60. The van der Waals surface area contributed by atoms with Crippen LogP contribution in [0, 0.1) is 37.9 Å². The molecular weight excluding hydrogens is 341 g/mol. The van der Waals surface area contributed by atoms with Gasteiger partial charge in [-0.1, -0.05) is 0 Å². The van der Waals surface area contributed by atoms with Crippen molar-refractivity contribution in [1.29, 1.82) is 5.26 Å². The summed E-state index contributed by atoms with van der Waals surface area (Å²) in [6.07, 6.45) is 0. The molecule has 0 atom stereocenters. The molecule has 0 radical (unpaired) electrons. The summed E-state index contributed by atoms with van der Waals surface area (Å²) in [5.41, 5.74) is 5.46. The zero-order valence-corrected chi connectivity index (χ0v) is 15.6. The number of fused-ring (bicyclic) bond motifs is 1. The molecule has 0 fully saturated rings. The number of rotatable bonds is 2. The van der Waals surface area contributed by atoms with E-state index in [0.717, 1.165) is 33.7 Å². The normalized spacial score (nSPS) is 11.1. The first-order chi connectivity index (χ1) is 12.9. The molecule has 2 aromatic carbocycles. The van der Waals surface area contributed by atoms with Crippen molar-refractivity contribution in [3.05, 3.63) is 64.9 Å². The van der Waals surface area contributed by atoms with Crippen LogP contribution in [0.15, 0.2) is 36.4 Å². The lowest BCUT2D eigenvalue weighted by atomic mass is 10.1. The molecule has 0 unspecified atom stereocenters. The summed E-state index contributed by atoms with van der Waals surface area (Å²) in [6.45, 7) is 5.96. The lowest BCUT2D eigenvalue weighted by Gasteiger charge is -2.11. The van der Waals surface area contributed by atoms with Crippen molar-refractivity contribution in [2.45, 2.75) is 20.8 Å². The number of benzene rings is 2. The van der Waals surface area contributed by atoms with E-state index in [1.165, 1.54) is 12.1 Å². The fourth-order valence-corrected chi connectivity index (χ4v) is 3.32. The summed E-state index contributed by atoms with van der Waals surface area (Å²) >= 11 is 0. The van der Waals surface area contributed by atoms with E-state index in [2.05, 4.69) is 16.1 Å². The Bertz CT molecular complexity index is 1240. The van der Waals surface area contributed by atoms with Crippen LogP contribution in [0.1, 0.15) is 22.6 Å². The maximum absolute atomic E-state index is 14.2. The molecule has 5 nitrogen and oxygen atoms in total. The molecule has 0 saturated carbocycles. The molecule has 2 aromatic heterocycles. The molecule has 0 aliphatic rings. The summed E-state index contributed by atoms with van der Waals surface area (Å²) in [5.74, 6) is 0.104. The molecule has 4 rings (SSSR count). The Labute approximate surface area is 156 Å². The summed E-state index contributed by atoms with van der Waals surface area (Å²) in [7, 11) is 1.92. The second kappa shape index (κ2) is 6.06. The summed E-state index contributed by atoms with van der Waals surface area (Å²) in [4.78, 5) is 4.65. The Morgan fingerprint density at radius 1 is 1.04 bits per heavy atom. The van der Waals surface area contributed by atoms with Gasteiger partial charge >= 0.3 is 0 Å². The van der Waals surface area contributed by atoms with Crippen LogP contribution < -0.4 is 0 Å². The van der Waals surface area contributed by atoms with Crippen molar-refractivity contribution in [1.82, 2.24) is 19.3 Å². The van der Waals surface area contributed by atoms with E-state index >= 15 is 0 Å². The van der Waals surface area contributed by atoms with Crippen LogP contribution in [0.3, 0.4) is 0 Å². The highest BCUT2D eigenvalue weighted by atomic mass is 19.1. The molecule has 0 aliphatic heterocycles. The Kier molecular flexibility index (Phi) is 3.81. The highest BCUT2D eigenvalue weighted by Gasteiger charge is 2.17. The average molecular weight is 359 g/mol. The van der Waals surface area contributed by atoms with Crippen molar-refractivity contribution in [3.8, 4) is 23.1 Å². The maximum Gasteiger partial charge on any atom is 0.145 e. The quantitative estimate of drug-likeness (QED) is 0.534. The molecule has 0 aliphatic carbocycles. The number of aromatic nitrogens is 4. The smallest absolute Gasteiger partial charge is 0.145 e. The number of aryl methyl sites for hydroxylation is 3. The number of hydrogen-bond donors (Lipinski definition) is 0. The Balaban J connectivity index is 1.95. The monoisotopic (exact) mass is 359 g/mol. The van der Waals surface area contributed by atoms with E-state index < -0.39 is 5.82 Å². The molecular formula is C21H18FN5. The Morgan fingerprint density at radius 2 is 1.81 bits per heavy atom. The molecule has 4 aromatic rings. The summed E-state index contributed by atoms with van der Waals surface area (Å²) in [6, 6.07) is 12.5. The fourth-order valence-electron chi connectivity index (χ4n) is 3.32. The van der Waals surface area contributed by atoms with Gasteiger partial charge in [-0.15, -0.1) is 0 Å². The number of nitrogens with zero attached hydrogens (tertiary/aromatic N) is 5. The molecule has 0 bridgehead atoms. The Hall–Kier alpha value is -3.46. The van der Waals surface area contributed by atoms with Gasteiger partial charge in [0.05, 0.1) is 16.8 Å². The van der Waals surface area contributed by atoms with Crippen LogP contribution in [0.2, 0.25) is 0 Å². The standard InChI is InChI=1S/C21H18FN5/c1-12-13(2)27(17-7-8-20-18(10-17)14(3)26(4)25-20)21(24-12)15-5-6-16(11-23)19(22)9-15/h5-10H,1-4H3. The van der Waals surface area contributed by atoms with Gasteiger partial charge in [-0.2, -0.15) is 10.4 Å². The van der Waals surface area contributed by atoms with Gasteiger partial charge in [-0.05, 0) is 57.2 Å². The first kappa shape index (κ1) is 17.0. The van der Waals surface area contributed by atoms with Gasteiger partial charge in [0.15, 0.2) is 0 Å². The van der Waals surface area contributed by atoms with Crippen LogP contribution in [-0.4, -0.2) is 19.3 Å². The van der Waals surface area contributed by atoms with E-state index in [4.69, 9.17) is 5.26 Å². The molecule has 0 saturated heterocycles. The second-order valence-corrected chi connectivity index (χ2v) is 6.66. The molecule has 0 spiro atoms. The summed E-state index contributed by atoms with van der Waals surface area (Å²) < 4.78 is 18.0. The minimum Gasteiger partial charge on any atom is -0.297 e. The van der Waals surface area contributed by atoms with Crippen LogP contribution in [0.25, 0.3) is 28.0 Å². The van der Waals surface area contributed by atoms with E-state index in [1.807, 2.05) is 55.3 Å². The van der Waals surface area contributed by atoms with Crippen molar-refractivity contribution < 1.29 is 4.39 Å². The largest absolute Gasteiger partial charge is 0.297 e.